The maximum atomic E-state index is 11.7. The van der Waals surface area contributed by atoms with Crippen LogP contribution >= 0.6 is 0 Å². The number of amides is 2. The van der Waals surface area contributed by atoms with Crippen molar-refractivity contribution in [3.05, 3.63) is 0 Å². The smallest absolute Gasteiger partial charge is 0.242 e. The Bertz CT molecular complexity index is 237. The molecule has 5 nitrogen and oxygen atoms in total. The first-order chi connectivity index (χ1) is 7.15. The molecule has 1 saturated heterocycles. The molecule has 0 aliphatic carbocycles. The Hall–Kier alpha value is -1.10. The van der Waals surface area contributed by atoms with E-state index in [1.807, 2.05) is 0 Å². The largest absolute Gasteiger partial charge is 0.357 e. The highest BCUT2D eigenvalue weighted by molar-refractivity contribution is 5.89. The van der Waals surface area contributed by atoms with Crippen LogP contribution in [0.2, 0.25) is 0 Å². The fraction of sp³-hybridized carbons (Fsp3) is 0.800. The Kier molecular flexibility index (Phi) is 4.55. The van der Waals surface area contributed by atoms with E-state index >= 15 is 0 Å². The minimum absolute atomic E-state index is 0.0780. The molecule has 1 rings (SSSR count). The lowest BCUT2D eigenvalue weighted by atomic mass is 10.0. The summed E-state index contributed by atoms with van der Waals surface area (Å²) in [6.07, 6.45) is 3.04. The minimum Gasteiger partial charge on any atom is -0.357 e. The van der Waals surface area contributed by atoms with Crippen molar-refractivity contribution in [2.45, 2.75) is 38.3 Å². The molecule has 0 aromatic heterocycles. The Labute approximate surface area is 90.0 Å². The van der Waals surface area contributed by atoms with Gasteiger partial charge in [-0.15, -0.1) is 0 Å². The summed E-state index contributed by atoms with van der Waals surface area (Å²) in [5.74, 6) is -0.245. The molecule has 0 aromatic rings. The molecule has 0 radical (unpaired) electrons. The molecule has 0 spiro atoms. The maximum absolute atomic E-state index is 11.7. The molecular weight excluding hydrogens is 194 g/mol. The summed E-state index contributed by atoms with van der Waals surface area (Å²) < 4.78 is 0. The Balaban J connectivity index is 2.36. The number of piperidine rings is 1. The third-order valence-electron chi connectivity index (χ3n) is 2.63. The molecule has 3 N–H and O–H groups in total. The van der Waals surface area contributed by atoms with Crippen molar-refractivity contribution in [2.75, 3.05) is 13.6 Å². The van der Waals surface area contributed by atoms with Gasteiger partial charge in [0.1, 0.15) is 6.04 Å². The van der Waals surface area contributed by atoms with Gasteiger partial charge in [0.25, 0.3) is 0 Å². The summed E-state index contributed by atoms with van der Waals surface area (Å²) in [6, 6.07) is -0.600. The average Bonchev–Trinajstić information content (AvgIpc) is 2.29. The van der Waals surface area contributed by atoms with Crippen LogP contribution in [0.15, 0.2) is 0 Å². The van der Waals surface area contributed by atoms with E-state index in [-0.39, 0.29) is 17.9 Å². The molecule has 5 heteroatoms. The van der Waals surface area contributed by atoms with Crippen LogP contribution in [-0.4, -0.2) is 37.5 Å². The number of rotatable bonds is 3. The summed E-state index contributed by atoms with van der Waals surface area (Å²) >= 11 is 0. The van der Waals surface area contributed by atoms with E-state index in [4.69, 9.17) is 0 Å². The van der Waals surface area contributed by atoms with E-state index in [0.717, 1.165) is 25.8 Å². The quantitative estimate of drug-likeness (QED) is 0.585. The number of carbonyl (C=O) groups excluding carboxylic acids is 2. The van der Waals surface area contributed by atoms with Crippen molar-refractivity contribution < 1.29 is 9.59 Å². The third-order valence-corrected chi connectivity index (χ3v) is 2.63. The molecule has 15 heavy (non-hydrogen) atoms. The van der Waals surface area contributed by atoms with Crippen LogP contribution in [0, 0.1) is 0 Å². The zero-order valence-electron chi connectivity index (χ0n) is 9.30. The van der Waals surface area contributed by atoms with Crippen LogP contribution in [0.1, 0.15) is 26.2 Å². The summed E-state index contributed by atoms with van der Waals surface area (Å²) in [4.78, 5) is 22.9. The second-order valence-corrected chi connectivity index (χ2v) is 3.85. The van der Waals surface area contributed by atoms with Gasteiger partial charge in [-0.25, -0.2) is 0 Å². The first-order valence-corrected chi connectivity index (χ1v) is 5.40. The van der Waals surface area contributed by atoms with Gasteiger partial charge in [-0.05, 0) is 26.3 Å². The Morgan fingerprint density at radius 3 is 2.67 bits per heavy atom. The molecule has 2 amide bonds. The number of nitrogens with one attached hydrogen (secondary N) is 3. The van der Waals surface area contributed by atoms with Crippen molar-refractivity contribution in [1.29, 1.82) is 0 Å². The van der Waals surface area contributed by atoms with E-state index in [9.17, 15) is 9.59 Å². The van der Waals surface area contributed by atoms with Crippen molar-refractivity contribution in [3.63, 3.8) is 0 Å². The molecule has 1 unspecified atom stereocenters. The second kappa shape index (κ2) is 5.70. The predicted molar refractivity (Wildman–Crippen MR) is 57.3 cm³/mol. The molecule has 86 valence electrons. The minimum atomic E-state index is -0.466. The maximum Gasteiger partial charge on any atom is 0.242 e. The summed E-state index contributed by atoms with van der Waals surface area (Å²) in [5.41, 5.74) is 0. The molecule has 2 atom stereocenters. The lowest BCUT2D eigenvalue weighted by molar-refractivity contribution is -0.129. The zero-order valence-corrected chi connectivity index (χ0v) is 9.30. The molecule has 1 aliphatic heterocycles. The topological polar surface area (TPSA) is 70.2 Å². The SMILES string of the molecule is CNC(=O)C(C)NC(=O)[C@H]1CCCCN1. The van der Waals surface area contributed by atoms with Crippen LogP contribution in [0.5, 0.6) is 0 Å². The van der Waals surface area contributed by atoms with Gasteiger partial charge in [0.05, 0.1) is 6.04 Å². The van der Waals surface area contributed by atoms with Gasteiger partial charge in [-0.1, -0.05) is 6.42 Å². The second-order valence-electron chi connectivity index (χ2n) is 3.85. The Morgan fingerprint density at radius 1 is 1.40 bits per heavy atom. The summed E-state index contributed by atoms with van der Waals surface area (Å²) in [5, 5.41) is 8.32. The zero-order chi connectivity index (χ0) is 11.3. The average molecular weight is 213 g/mol. The standard InChI is InChI=1S/C10H19N3O2/c1-7(9(14)11-2)13-10(15)8-5-3-4-6-12-8/h7-8,12H,3-6H2,1-2H3,(H,11,14)(H,13,15)/t7?,8-/m1/s1. The third kappa shape index (κ3) is 3.51. The van der Waals surface area contributed by atoms with E-state index < -0.39 is 6.04 Å². The van der Waals surface area contributed by atoms with Crippen LogP contribution < -0.4 is 16.0 Å². The van der Waals surface area contributed by atoms with Crippen molar-refractivity contribution in [3.8, 4) is 0 Å². The first-order valence-electron chi connectivity index (χ1n) is 5.40. The van der Waals surface area contributed by atoms with Gasteiger partial charge in [-0.2, -0.15) is 0 Å². The predicted octanol–water partition coefficient (Wildman–Crippen LogP) is -0.621. The molecule has 1 heterocycles. The van der Waals surface area contributed by atoms with Gasteiger partial charge in [0, 0.05) is 7.05 Å². The van der Waals surface area contributed by atoms with Crippen LogP contribution in [-0.2, 0) is 9.59 Å². The normalized spacial score (nSPS) is 22.9. The van der Waals surface area contributed by atoms with E-state index in [1.54, 1.807) is 14.0 Å². The van der Waals surface area contributed by atoms with Crippen LogP contribution in [0.3, 0.4) is 0 Å². The van der Waals surface area contributed by atoms with E-state index in [0.29, 0.717) is 0 Å². The van der Waals surface area contributed by atoms with E-state index in [2.05, 4.69) is 16.0 Å². The first kappa shape index (κ1) is 12.0. The fourth-order valence-corrected chi connectivity index (χ4v) is 1.67. The summed E-state index contributed by atoms with van der Waals surface area (Å²) in [7, 11) is 1.56. The van der Waals surface area contributed by atoms with Gasteiger partial charge in [-0.3, -0.25) is 9.59 Å². The van der Waals surface area contributed by atoms with Gasteiger partial charge in [0.15, 0.2) is 0 Å². The summed E-state index contributed by atoms with van der Waals surface area (Å²) in [6.45, 7) is 2.56. The lowest BCUT2D eigenvalue weighted by Crippen LogP contribution is -2.52. The van der Waals surface area contributed by atoms with Crippen molar-refractivity contribution in [1.82, 2.24) is 16.0 Å². The highest BCUT2D eigenvalue weighted by Gasteiger charge is 2.23. The molecule has 0 aromatic carbocycles. The highest BCUT2D eigenvalue weighted by atomic mass is 16.2. The monoisotopic (exact) mass is 213 g/mol. The van der Waals surface area contributed by atoms with Crippen molar-refractivity contribution in [2.24, 2.45) is 0 Å². The Morgan fingerprint density at radius 2 is 2.13 bits per heavy atom. The number of carbonyl (C=O) groups is 2. The fourth-order valence-electron chi connectivity index (χ4n) is 1.67. The molecular formula is C10H19N3O2. The van der Waals surface area contributed by atoms with Crippen LogP contribution in [0.4, 0.5) is 0 Å². The van der Waals surface area contributed by atoms with Crippen molar-refractivity contribution >= 4 is 11.8 Å². The lowest BCUT2D eigenvalue weighted by Gasteiger charge is -2.24. The van der Waals surface area contributed by atoms with E-state index in [1.165, 1.54) is 0 Å². The molecule has 1 fully saturated rings. The molecule has 0 saturated carbocycles. The molecule has 0 bridgehead atoms. The van der Waals surface area contributed by atoms with Gasteiger partial charge >= 0.3 is 0 Å². The van der Waals surface area contributed by atoms with Crippen LogP contribution in [0.25, 0.3) is 0 Å². The van der Waals surface area contributed by atoms with Gasteiger partial charge < -0.3 is 16.0 Å². The highest BCUT2D eigenvalue weighted by Crippen LogP contribution is 2.06. The molecule has 1 aliphatic rings. The number of hydrogen-bond acceptors (Lipinski definition) is 3. The number of likely N-dealkylation sites (N-methyl/N-ethyl adjacent to an activating group) is 1. The van der Waals surface area contributed by atoms with Gasteiger partial charge in [0.2, 0.25) is 11.8 Å². The number of hydrogen-bond donors (Lipinski definition) is 3.